The molecule has 150 valence electrons. The number of ketones is 2. The van der Waals surface area contributed by atoms with Gasteiger partial charge in [0, 0.05) is 23.7 Å². The molecule has 5 aliphatic carbocycles. The van der Waals surface area contributed by atoms with Crippen molar-refractivity contribution in [3.8, 4) is 0 Å². The number of rotatable bonds is 3. The minimum Gasteiger partial charge on any atom is -0.456 e. The van der Waals surface area contributed by atoms with Crippen LogP contribution in [0.25, 0.3) is 0 Å². The van der Waals surface area contributed by atoms with E-state index in [0.29, 0.717) is 17.1 Å². The number of hydrogen-bond acceptors (Lipinski definition) is 4. The fourth-order valence-corrected chi connectivity index (χ4v) is 7.28. The molecule has 0 aromatic heterocycles. The number of benzene rings is 1. The van der Waals surface area contributed by atoms with Gasteiger partial charge < -0.3 is 4.74 Å². The normalized spacial score (nSPS) is 40.7. The topological polar surface area (TPSA) is 60.4 Å². The van der Waals surface area contributed by atoms with Crippen LogP contribution in [0.3, 0.4) is 0 Å². The predicted octanol–water partition coefficient (Wildman–Crippen LogP) is 4.10. The van der Waals surface area contributed by atoms with Crippen LogP contribution < -0.4 is 0 Å². The highest BCUT2D eigenvalue weighted by Gasteiger charge is 2.68. The predicted molar refractivity (Wildman–Crippen MR) is 106 cm³/mol. The van der Waals surface area contributed by atoms with E-state index in [4.69, 9.17) is 4.74 Å². The lowest BCUT2D eigenvalue weighted by atomic mass is 9.68. The molecule has 4 saturated carbocycles. The summed E-state index contributed by atoms with van der Waals surface area (Å²) in [5.74, 6) is 0.752. The first kappa shape index (κ1) is 17.6. The van der Waals surface area contributed by atoms with E-state index < -0.39 is 0 Å². The summed E-state index contributed by atoms with van der Waals surface area (Å²) < 4.78 is 5.85. The minimum atomic E-state index is -0.349. The number of esters is 1. The van der Waals surface area contributed by atoms with Gasteiger partial charge in [-0.3, -0.25) is 9.59 Å². The molecule has 7 atom stereocenters. The van der Waals surface area contributed by atoms with E-state index >= 15 is 0 Å². The molecule has 29 heavy (non-hydrogen) atoms. The molecule has 0 amide bonds. The van der Waals surface area contributed by atoms with Crippen molar-refractivity contribution < 1.29 is 19.1 Å². The molecular weight excluding hydrogens is 364 g/mol. The molecule has 4 fully saturated rings. The third kappa shape index (κ3) is 2.35. The van der Waals surface area contributed by atoms with Gasteiger partial charge in [0.05, 0.1) is 5.56 Å². The van der Waals surface area contributed by atoms with Crippen molar-refractivity contribution in [3.05, 3.63) is 47.5 Å². The molecule has 4 heteroatoms. The Labute approximate surface area is 170 Å². The first-order chi connectivity index (χ1) is 14.0. The Bertz CT molecular complexity index is 953. The summed E-state index contributed by atoms with van der Waals surface area (Å²) in [5.41, 5.74) is 1.28. The molecule has 1 aromatic rings. The van der Waals surface area contributed by atoms with Crippen LogP contribution in [0.2, 0.25) is 0 Å². The zero-order valence-electron chi connectivity index (χ0n) is 16.7. The minimum absolute atomic E-state index is 0.00640. The van der Waals surface area contributed by atoms with Gasteiger partial charge in [-0.1, -0.05) is 24.3 Å². The first-order valence-corrected chi connectivity index (χ1v) is 11.1. The molecule has 0 N–H and O–H groups in total. The van der Waals surface area contributed by atoms with Crippen LogP contribution in [0, 0.1) is 35.5 Å². The Morgan fingerprint density at radius 1 is 1.00 bits per heavy atom. The van der Waals surface area contributed by atoms with Crippen LogP contribution in [0.15, 0.2) is 36.4 Å². The fourth-order valence-electron chi connectivity index (χ4n) is 7.28. The average Bonchev–Trinajstić information content (AvgIpc) is 3.50. The summed E-state index contributed by atoms with van der Waals surface area (Å²) >= 11 is 0. The molecule has 1 aromatic carbocycles. The van der Waals surface area contributed by atoms with E-state index in [-0.39, 0.29) is 53.0 Å². The van der Waals surface area contributed by atoms with Crippen LogP contribution >= 0.6 is 0 Å². The zero-order chi connectivity index (χ0) is 19.9. The van der Waals surface area contributed by atoms with Crippen molar-refractivity contribution in [1.29, 1.82) is 0 Å². The number of ether oxygens (including phenoxy) is 1. The summed E-state index contributed by atoms with van der Waals surface area (Å²) in [6.07, 6.45) is 8.95. The van der Waals surface area contributed by atoms with E-state index in [9.17, 15) is 14.4 Å². The number of carbonyl (C=O) groups is 3. The van der Waals surface area contributed by atoms with E-state index in [0.717, 1.165) is 37.7 Å². The van der Waals surface area contributed by atoms with Crippen LogP contribution in [-0.4, -0.2) is 23.1 Å². The van der Waals surface area contributed by atoms with E-state index in [2.05, 4.69) is 0 Å². The van der Waals surface area contributed by atoms with Crippen LogP contribution in [0.5, 0.6) is 0 Å². The lowest BCUT2D eigenvalue weighted by Crippen LogP contribution is -2.30. The van der Waals surface area contributed by atoms with Crippen molar-refractivity contribution in [3.63, 3.8) is 0 Å². The average molecular weight is 390 g/mol. The quantitative estimate of drug-likeness (QED) is 0.443. The van der Waals surface area contributed by atoms with Gasteiger partial charge in [0.25, 0.3) is 0 Å². The molecular formula is C25H26O4. The maximum atomic E-state index is 13.1. The highest BCUT2D eigenvalue weighted by Crippen LogP contribution is 2.66. The first-order valence-electron chi connectivity index (χ1n) is 11.1. The fraction of sp³-hybridized carbons (Fsp3) is 0.560. The molecule has 0 aliphatic heterocycles. The van der Waals surface area contributed by atoms with Gasteiger partial charge >= 0.3 is 5.97 Å². The van der Waals surface area contributed by atoms with Crippen molar-refractivity contribution >= 4 is 17.5 Å². The SMILES string of the molecule is CC1(OC(=O)c2cccc(C3CC4C(=O)C3C3C5C=CC(C5=O)C43)c2)CCCC1. The van der Waals surface area contributed by atoms with Crippen molar-refractivity contribution in [2.75, 3.05) is 0 Å². The smallest absolute Gasteiger partial charge is 0.338 e. The maximum Gasteiger partial charge on any atom is 0.338 e. The lowest BCUT2D eigenvalue weighted by molar-refractivity contribution is -0.125. The zero-order valence-corrected chi connectivity index (χ0v) is 16.7. The monoisotopic (exact) mass is 390 g/mol. The lowest BCUT2D eigenvalue weighted by Gasteiger charge is -2.34. The number of hydrogen-bond donors (Lipinski definition) is 0. The molecule has 0 saturated heterocycles. The van der Waals surface area contributed by atoms with Gasteiger partial charge in [-0.25, -0.2) is 4.79 Å². The highest BCUT2D eigenvalue weighted by atomic mass is 16.6. The second-order valence-electron chi connectivity index (χ2n) is 10.0. The van der Waals surface area contributed by atoms with Crippen molar-refractivity contribution in [2.45, 2.75) is 50.5 Å². The molecule has 6 rings (SSSR count). The Morgan fingerprint density at radius 3 is 2.48 bits per heavy atom. The van der Waals surface area contributed by atoms with Crippen LogP contribution in [0.4, 0.5) is 0 Å². The number of carbonyl (C=O) groups excluding carboxylic acids is 3. The molecule has 0 heterocycles. The summed E-state index contributed by atoms with van der Waals surface area (Å²) in [7, 11) is 0. The maximum absolute atomic E-state index is 13.1. The van der Waals surface area contributed by atoms with Gasteiger partial charge in [-0.05, 0) is 74.5 Å². The summed E-state index contributed by atoms with van der Waals surface area (Å²) in [5, 5.41) is 0. The standard InChI is InChI=1S/C25H26O4/c1-25(9-2-3-10-25)29-24(28)14-6-4-5-13(11-14)17-12-18-19-15-7-8-16(22(15)26)20(19)21(17)23(18)27/h4-8,11,15-21H,2-3,9-10,12H2,1H3. The van der Waals surface area contributed by atoms with Gasteiger partial charge in [0.1, 0.15) is 17.2 Å². The largest absolute Gasteiger partial charge is 0.456 e. The molecule has 0 radical (unpaired) electrons. The molecule has 7 unspecified atom stereocenters. The molecule has 5 aliphatic rings. The molecule has 4 nitrogen and oxygen atoms in total. The highest BCUT2D eigenvalue weighted by molar-refractivity contribution is 5.99. The number of fused-ring (bicyclic) bond motifs is 9. The molecule has 0 spiro atoms. The number of Topliss-reactive ketones (excluding diaryl/α,β-unsaturated/α-hetero) is 2. The Balaban J connectivity index is 1.27. The van der Waals surface area contributed by atoms with Crippen LogP contribution in [0.1, 0.15) is 60.9 Å². The Kier molecular flexibility index (Phi) is 3.58. The van der Waals surface area contributed by atoms with E-state index in [1.807, 2.05) is 43.3 Å². The second-order valence-corrected chi connectivity index (χ2v) is 10.0. The second kappa shape index (κ2) is 5.90. The molecule has 4 bridgehead atoms. The van der Waals surface area contributed by atoms with Crippen LogP contribution in [-0.2, 0) is 14.3 Å². The third-order valence-corrected chi connectivity index (χ3v) is 8.52. The van der Waals surface area contributed by atoms with Gasteiger partial charge in [0.15, 0.2) is 0 Å². The summed E-state index contributed by atoms with van der Waals surface area (Å²) in [4.78, 5) is 38.4. The summed E-state index contributed by atoms with van der Waals surface area (Å²) in [6, 6.07) is 7.68. The van der Waals surface area contributed by atoms with E-state index in [1.165, 1.54) is 0 Å². The Hall–Kier alpha value is -2.23. The Morgan fingerprint density at radius 2 is 1.72 bits per heavy atom. The van der Waals surface area contributed by atoms with Gasteiger partial charge in [-0.15, -0.1) is 0 Å². The van der Waals surface area contributed by atoms with Crippen molar-refractivity contribution in [2.24, 2.45) is 35.5 Å². The number of allylic oxidation sites excluding steroid dienone is 2. The van der Waals surface area contributed by atoms with Gasteiger partial charge in [-0.2, -0.15) is 0 Å². The summed E-state index contributed by atoms with van der Waals surface area (Å²) in [6.45, 7) is 2.02. The van der Waals surface area contributed by atoms with E-state index in [1.54, 1.807) is 0 Å². The van der Waals surface area contributed by atoms with Gasteiger partial charge in [0.2, 0.25) is 0 Å². The van der Waals surface area contributed by atoms with Crippen molar-refractivity contribution in [1.82, 2.24) is 0 Å². The third-order valence-electron chi connectivity index (χ3n) is 8.52.